The van der Waals surface area contributed by atoms with Crippen molar-refractivity contribution in [3.8, 4) is 5.75 Å². The predicted molar refractivity (Wildman–Crippen MR) is 115 cm³/mol. The molecule has 2 heterocycles. The lowest BCUT2D eigenvalue weighted by molar-refractivity contribution is 0.0946. The van der Waals surface area contributed by atoms with E-state index in [1.807, 2.05) is 18.2 Å². The van der Waals surface area contributed by atoms with Gasteiger partial charge in [0.05, 0.1) is 7.11 Å². The van der Waals surface area contributed by atoms with Crippen LogP contribution in [0.25, 0.3) is 0 Å². The molecule has 0 bridgehead atoms. The summed E-state index contributed by atoms with van der Waals surface area (Å²) in [5.74, 6) is 2.87. The maximum atomic E-state index is 12.1. The molecule has 0 radical (unpaired) electrons. The molecule has 1 aromatic heterocycles. The van der Waals surface area contributed by atoms with Gasteiger partial charge in [-0.3, -0.25) is 4.79 Å². The van der Waals surface area contributed by atoms with E-state index >= 15 is 0 Å². The van der Waals surface area contributed by atoms with Gasteiger partial charge in [0, 0.05) is 19.6 Å². The first-order chi connectivity index (χ1) is 14.1. The Hall–Kier alpha value is -2.63. The Morgan fingerprint density at radius 1 is 1.17 bits per heavy atom. The Kier molecular flexibility index (Phi) is 7.44. The van der Waals surface area contributed by atoms with Crippen LogP contribution in [0, 0.1) is 11.8 Å². The molecule has 3 rings (SSSR count). The van der Waals surface area contributed by atoms with Gasteiger partial charge < -0.3 is 15.0 Å². The van der Waals surface area contributed by atoms with Crippen molar-refractivity contribution in [1.82, 2.24) is 15.5 Å². The number of benzene rings is 1. The average Bonchev–Trinajstić information content (AvgIpc) is 2.74. The summed E-state index contributed by atoms with van der Waals surface area (Å²) in [5.41, 5.74) is 1.66. The van der Waals surface area contributed by atoms with Crippen LogP contribution in [-0.2, 0) is 6.42 Å². The summed E-state index contributed by atoms with van der Waals surface area (Å²) in [5, 5.41) is 11.3. The largest absolute Gasteiger partial charge is 0.496 e. The molecular weight excluding hydrogens is 364 g/mol. The molecule has 0 saturated carbocycles. The molecule has 1 aromatic carbocycles. The molecule has 0 unspecified atom stereocenters. The Balaban J connectivity index is 1.50. The lowest BCUT2D eigenvalue weighted by Crippen LogP contribution is -2.35. The highest BCUT2D eigenvalue weighted by molar-refractivity contribution is 5.92. The highest BCUT2D eigenvalue weighted by Crippen LogP contribution is 2.28. The molecule has 1 saturated heterocycles. The standard InChI is InChI=1S/C23H32N4O2/c1-17(2)10-13-24-23(28)20-8-9-22(26-25-20)27-14-11-18(12-15-27)16-19-6-4-5-7-21(19)29-3/h4-9,17-18H,10-16H2,1-3H3,(H,24,28). The SMILES string of the molecule is COc1ccccc1CC1CCN(c2ccc(C(=O)NCCC(C)C)nn2)CC1. The van der Waals surface area contributed by atoms with Gasteiger partial charge in [0.2, 0.25) is 0 Å². The number of anilines is 1. The van der Waals surface area contributed by atoms with Crippen LogP contribution < -0.4 is 15.0 Å². The smallest absolute Gasteiger partial charge is 0.271 e. The summed E-state index contributed by atoms with van der Waals surface area (Å²) in [6.45, 7) is 6.85. The molecule has 2 aromatic rings. The number of hydrogen-bond acceptors (Lipinski definition) is 5. The molecule has 1 aliphatic heterocycles. The highest BCUT2D eigenvalue weighted by atomic mass is 16.5. The van der Waals surface area contributed by atoms with Crippen molar-refractivity contribution in [2.45, 2.75) is 39.5 Å². The van der Waals surface area contributed by atoms with Gasteiger partial charge in [0.1, 0.15) is 5.75 Å². The monoisotopic (exact) mass is 396 g/mol. The number of methoxy groups -OCH3 is 1. The minimum Gasteiger partial charge on any atom is -0.496 e. The van der Waals surface area contributed by atoms with Gasteiger partial charge in [0.25, 0.3) is 5.91 Å². The third kappa shape index (κ3) is 5.92. The molecule has 1 amide bonds. The number of nitrogens with one attached hydrogen (secondary N) is 1. The lowest BCUT2D eigenvalue weighted by atomic mass is 9.90. The zero-order valence-corrected chi connectivity index (χ0v) is 17.7. The van der Waals surface area contributed by atoms with Crippen LogP contribution >= 0.6 is 0 Å². The van der Waals surface area contributed by atoms with Gasteiger partial charge in [-0.2, -0.15) is 0 Å². The second-order valence-corrected chi connectivity index (χ2v) is 8.16. The molecule has 156 valence electrons. The molecular formula is C23H32N4O2. The first-order valence-electron chi connectivity index (χ1n) is 10.6. The van der Waals surface area contributed by atoms with Crippen molar-refractivity contribution in [3.63, 3.8) is 0 Å². The van der Waals surface area contributed by atoms with Crippen molar-refractivity contribution < 1.29 is 9.53 Å². The van der Waals surface area contributed by atoms with Gasteiger partial charge in [-0.05, 0) is 61.3 Å². The maximum Gasteiger partial charge on any atom is 0.271 e. The number of carbonyl (C=O) groups is 1. The van der Waals surface area contributed by atoms with E-state index in [1.54, 1.807) is 13.2 Å². The summed E-state index contributed by atoms with van der Waals surface area (Å²) >= 11 is 0. The average molecular weight is 397 g/mol. The van der Waals surface area contributed by atoms with Crippen molar-refractivity contribution in [2.24, 2.45) is 11.8 Å². The number of piperidine rings is 1. The molecule has 1 N–H and O–H groups in total. The van der Waals surface area contributed by atoms with Gasteiger partial charge in [-0.1, -0.05) is 32.0 Å². The fourth-order valence-electron chi connectivity index (χ4n) is 3.73. The van der Waals surface area contributed by atoms with Crippen LogP contribution in [0.3, 0.4) is 0 Å². The molecule has 0 aliphatic carbocycles. The summed E-state index contributed by atoms with van der Waals surface area (Å²) in [7, 11) is 1.73. The van der Waals surface area contributed by atoms with E-state index in [0.29, 0.717) is 24.1 Å². The van der Waals surface area contributed by atoms with E-state index < -0.39 is 0 Å². The first kappa shape index (κ1) is 21.1. The first-order valence-corrected chi connectivity index (χ1v) is 10.6. The number of ether oxygens (including phenoxy) is 1. The van der Waals surface area contributed by atoms with Crippen LogP contribution in [-0.4, -0.2) is 42.8 Å². The van der Waals surface area contributed by atoms with Crippen LogP contribution in [0.2, 0.25) is 0 Å². The van der Waals surface area contributed by atoms with E-state index in [9.17, 15) is 4.79 Å². The quantitative estimate of drug-likeness (QED) is 0.737. The van der Waals surface area contributed by atoms with Crippen LogP contribution in [0.1, 0.15) is 49.2 Å². The molecule has 1 fully saturated rings. The zero-order chi connectivity index (χ0) is 20.6. The molecule has 29 heavy (non-hydrogen) atoms. The second kappa shape index (κ2) is 10.2. The maximum absolute atomic E-state index is 12.1. The van der Waals surface area contributed by atoms with E-state index in [1.165, 1.54) is 5.56 Å². The van der Waals surface area contributed by atoms with E-state index in [2.05, 4.69) is 46.4 Å². The van der Waals surface area contributed by atoms with Crippen LogP contribution in [0.4, 0.5) is 5.82 Å². The highest BCUT2D eigenvalue weighted by Gasteiger charge is 2.22. The number of carbonyl (C=O) groups excluding carboxylic acids is 1. The lowest BCUT2D eigenvalue weighted by Gasteiger charge is -2.32. The fraction of sp³-hybridized carbons (Fsp3) is 0.522. The summed E-state index contributed by atoms with van der Waals surface area (Å²) in [4.78, 5) is 14.4. The Morgan fingerprint density at radius 2 is 1.93 bits per heavy atom. The second-order valence-electron chi connectivity index (χ2n) is 8.16. The summed E-state index contributed by atoms with van der Waals surface area (Å²) in [6, 6.07) is 11.9. The van der Waals surface area contributed by atoms with Gasteiger partial charge in [-0.15, -0.1) is 10.2 Å². The minimum absolute atomic E-state index is 0.153. The molecule has 1 aliphatic rings. The van der Waals surface area contributed by atoms with Gasteiger partial charge in [0.15, 0.2) is 11.5 Å². The molecule has 0 atom stereocenters. The fourth-order valence-corrected chi connectivity index (χ4v) is 3.73. The van der Waals surface area contributed by atoms with Crippen molar-refractivity contribution in [3.05, 3.63) is 47.7 Å². The summed E-state index contributed by atoms with van der Waals surface area (Å²) in [6.07, 6.45) is 4.22. The van der Waals surface area contributed by atoms with E-state index in [4.69, 9.17) is 4.74 Å². The van der Waals surface area contributed by atoms with Crippen LogP contribution in [0.15, 0.2) is 36.4 Å². The molecule has 6 nitrogen and oxygen atoms in total. The normalized spacial score (nSPS) is 14.8. The Morgan fingerprint density at radius 3 is 2.59 bits per heavy atom. The van der Waals surface area contributed by atoms with Crippen molar-refractivity contribution >= 4 is 11.7 Å². The predicted octanol–water partition coefficient (Wildman–Crippen LogP) is 3.72. The third-order valence-corrected chi connectivity index (χ3v) is 5.53. The molecule has 0 spiro atoms. The number of para-hydroxylation sites is 1. The topological polar surface area (TPSA) is 67.3 Å². The number of aromatic nitrogens is 2. The van der Waals surface area contributed by atoms with Gasteiger partial charge >= 0.3 is 0 Å². The number of nitrogens with zero attached hydrogens (tertiary/aromatic N) is 3. The Bertz CT molecular complexity index is 784. The molecule has 6 heteroatoms. The minimum atomic E-state index is -0.153. The summed E-state index contributed by atoms with van der Waals surface area (Å²) < 4.78 is 5.48. The third-order valence-electron chi connectivity index (χ3n) is 5.53. The number of rotatable bonds is 8. The van der Waals surface area contributed by atoms with Gasteiger partial charge in [-0.25, -0.2) is 0 Å². The van der Waals surface area contributed by atoms with E-state index in [-0.39, 0.29) is 5.91 Å². The zero-order valence-electron chi connectivity index (χ0n) is 17.7. The van der Waals surface area contributed by atoms with Crippen LogP contribution in [0.5, 0.6) is 5.75 Å². The van der Waals surface area contributed by atoms with Crippen molar-refractivity contribution in [1.29, 1.82) is 0 Å². The number of amides is 1. The Labute approximate surface area is 173 Å². The number of hydrogen-bond donors (Lipinski definition) is 1. The van der Waals surface area contributed by atoms with Crippen molar-refractivity contribution in [2.75, 3.05) is 31.6 Å². The van der Waals surface area contributed by atoms with E-state index in [0.717, 1.165) is 50.3 Å².